The third kappa shape index (κ3) is 5.52. The number of aromatic amines is 2. The van der Waals surface area contributed by atoms with Gasteiger partial charge >= 0.3 is 0 Å². The van der Waals surface area contributed by atoms with Crippen molar-refractivity contribution < 1.29 is 9.21 Å². The lowest BCUT2D eigenvalue weighted by molar-refractivity contribution is -0.120. The van der Waals surface area contributed by atoms with Gasteiger partial charge in [-0.2, -0.15) is 5.10 Å². The Kier molecular flexibility index (Phi) is 7.40. The van der Waals surface area contributed by atoms with Crippen molar-refractivity contribution in [1.29, 1.82) is 0 Å². The van der Waals surface area contributed by atoms with Gasteiger partial charge in [-0.15, -0.1) is 0 Å². The maximum Gasteiger partial charge on any atom is 0.224 e. The molecule has 1 aromatic carbocycles. The highest BCUT2D eigenvalue weighted by atomic mass is 16.3. The van der Waals surface area contributed by atoms with Gasteiger partial charge in [-0.3, -0.25) is 14.9 Å². The van der Waals surface area contributed by atoms with E-state index in [1.165, 1.54) is 6.20 Å². The van der Waals surface area contributed by atoms with Crippen LogP contribution >= 0.6 is 0 Å². The van der Waals surface area contributed by atoms with Crippen LogP contribution in [0, 0.1) is 0 Å². The number of furan rings is 1. The maximum absolute atomic E-state index is 12.4. The van der Waals surface area contributed by atoms with Gasteiger partial charge in [-0.1, -0.05) is 31.1 Å². The zero-order valence-corrected chi connectivity index (χ0v) is 22.2. The minimum Gasteiger partial charge on any atom is -0.472 e. The van der Waals surface area contributed by atoms with E-state index in [9.17, 15) is 4.79 Å². The minimum atomic E-state index is -0.0304. The molecule has 0 aliphatic heterocycles. The summed E-state index contributed by atoms with van der Waals surface area (Å²) in [5, 5.41) is 11.4. The number of para-hydroxylation sites is 1. The number of hydrogen-bond acceptors (Lipinski definition) is 6. The number of hydrogen-bond donors (Lipinski definition) is 4. The molecule has 0 unspecified atom stereocenters. The van der Waals surface area contributed by atoms with Crippen LogP contribution in [0.3, 0.4) is 0 Å². The topological polar surface area (TPSA) is 139 Å². The molecule has 39 heavy (non-hydrogen) atoms. The number of benzene rings is 1. The molecule has 0 spiro atoms. The number of imidazole rings is 1. The lowest BCUT2D eigenvalue weighted by Crippen LogP contribution is -2.21. The number of H-pyrrole nitrogens is 2. The molecule has 0 atom stereocenters. The van der Waals surface area contributed by atoms with E-state index in [0.717, 1.165) is 51.5 Å². The number of allylic oxidation sites excluding steroid dienone is 4. The summed E-state index contributed by atoms with van der Waals surface area (Å²) in [5.41, 5.74) is 14.1. The molecule has 0 fully saturated rings. The summed E-state index contributed by atoms with van der Waals surface area (Å²) >= 11 is 0. The van der Waals surface area contributed by atoms with Gasteiger partial charge in [-0.05, 0) is 50.6 Å². The van der Waals surface area contributed by atoms with E-state index in [0.29, 0.717) is 34.9 Å². The van der Waals surface area contributed by atoms with Crippen LogP contribution in [0.2, 0.25) is 0 Å². The molecule has 5 N–H and O–H groups in total. The molecule has 0 saturated carbocycles. The zero-order valence-electron chi connectivity index (χ0n) is 22.2. The number of unbranched alkanes of at least 4 members (excludes halogenated alkanes) is 1. The smallest absolute Gasteiger partial charge is 0.224 e. The first-order chi connectivity index (χ1) is 19.0. The van der Waals surface area contributed by atoms with Crippen molar-refractivity contribution in [3.63, 3.8) is 0 Å². The van der Waals surface area contributed by atoms with Crippen LogP contribution in [0.25, 0.3) is 50.2 Å². The lowest BCUT2D eigenvalue weighted by Gasteiger charge is -2.09. The number of carbonyl (C=O) groups excluding carboxylic acids is 1. The number of carbonyl (C=O) groups is 1. The summed E-state index contributed by atoms with van der Waals surface area (Å²) in [4.78, 5) is 25.3. The molecule has 0 bridgehead atoms. The average Bonchev–Trinajstić information content (AvgIpc) is 3.68. The van der Waals surface area contributed by atoms with Crippen LogP contribution in [0.15, 0.2) is 83.1 Å². The fourth-order valence-electron chi connectivity index (χ4n) is 4.41. The molecule has 0 aliphatic rings. The molecule has 9 heteroatoms. The summed E-state index contributed by atoms with van der Waals surface area (Å²) in [6, 6.07) is 9.81. The number of fused-ring (bicyclic) bond motifs is 2. The van der Waals surface area contributed by atoms with E-state index in [4.69, 9.17) is 15.1 Å². The Balaban J connectivity index is 1.53. The van der Waals surface area contributed by atoms with Crippen molar-refractivity contribution in [3.05, 3.63) is 84.4 Å². The van der Waals surface area contributed by atoms with E-state index in [2.05, 4.69) is 32.4 Å². The largest absolute Gasteiger partial charge is 0.472 e. The van der Waals surface area contributed by atoms with Crippen molar-refractivity contribution in [2.45, 2.75) is 40.0 Å². The van der Waals surface area contributed by atoms with Crippen molar-refractivity contribution in [2.24, 2.45) is 5.73 Å². The summed E-state index contributed by atoms with van der Waals surface area (Å²) in [6.45, 7) is 6.02. The molecular weight excluding hydrogens is 490 g/mol. The van der Waals surface area contributed by atoms with Gasteiger partial charge in [-0.25, -0.2) is 4.98 Å². The van der Waals surface area contributed by atoms with Crippen LogP contribution in [-0.4, -0.2) is 31.1 Å². The van der Waals surface area contributed by atoms with E-state index < -0.39 is 0 Å². The van der Waals surface area contributed by atoms with Gasteiger partial charge in [0.2, 0.25) is 5.91 Å². The fourth-order valence-corrected chi connectivity index (χ4v) is 4.41. The standard InChI is InChI=1S/C30H31N7O2/c1-4-5-9-27(38)33-21(12-18(2)3)13-20(15-31)25-14-23-26(16-32-25)36-37-29(23)30-34-24-8-6-7-22(28(24)35-30)19-10-11-39-17-19/h6-8,10-17H,4-5,9,31H2,1-3H3,(H,33,38)(H,34,35)(H,36,37)/b20-15+,21-13+. The van der Waals surface area contributed by atoms with Crippen LogP contribution < -0.4 is 11.1 Å². The summed E-state index contributed by atoms with van der Waals surface area (Å²) in [5.74, 6) is 0.601. The molecule has 5 aromatic rings. The van der Waals surface area contributed by atoms with Crippen molar-refractivity contribution in [2.75, 3.05) is 0 Å². The molecule has 198 valence electrons. The number of nitrogens with zero attached hydrogens (tertiary/aromatic N) is 3. The number of nitrogens with one attached hydrogen (secondary N) is 3. The average molecular weight is 522 g/mol. The molecule has 0 aliphatic carbocycles. The first kappa shape index (κ1) is 25.7. The van der Waals surface area contributed by atoms with Crippen LogP contribution in [0.4, 0.5) is 0 Å². The Hall–Kier alpha value is -4.92. The summed E-state index contributed by atoms with van der Waals surface area (Å²) in [7, 11) is 0. The Morgan fingerprint density at radius 1 is 1.18 bits per heavy atom. The Bertz CT molecular complexity index is 1710. The summed E-state index contributed by atoms with van der Waals surface area (Å²) < 4.78 is 5.28. The van der Waals surface area contributed by atoms with Crippen molar-refractivity contribution >= 4 is 33.4 Å². The molecule has 0 saturated heterocycles. The number of amides is 1. The zero-order chi connectivity index (χ0) is 27.4. The van der Waals surface area contributed by atoms with Gasteiger partial charge in [0.1, 0.15) is 5.69 Å². The van der Waals surface area contributed by atoms with Crippen LogP contribution in [0.5, 0.6) is 0 Å². The maximum atomic E-state index is 12.4. The molecule has 4 aromatic heterocycles. The Morgan fingerprint density at radius 3 is 2.79 bits per heavy atom. The number of pyridine rings is 1. The van der Waals surface area contributed by atoms with Gasteiger partial charge in [0, 0.05) is 40.4 Å². The van der Waals surface area contributed by atoms with E-state index >= 15 is 0 Å². The highest BCUT2D eigenvalue weighted by molar-refractivity contribution is 5.97. The fraction of sp³-hybridized carbons (Fsp3) is 0.200. The molecule has 1 amide bonds. The monoisotopic (exact) mass is 521 g/mol. The van der Waals surface area contributed by atoms with Gasteiger partial charge in [0.25, 0.3) is 0 Å². The molecule has 4 heterocycles. The third-order valence-corrected chi connectivity index (χ3v) is 6.29. The summed E-state index contributed by atoms with van der Waals surface area (Å²) in [6.07, 6.45) is 12.6. The first-order valence-corrected chi connectivity index (χ1v) is 12.9. The van der Waals surface area contributed by atoms with E-state index in [1.54, 1.807) is 18.7 Å². The molecule has 0 radical (unpaired) electrons. The second-order valence-electron chi connectivity index (χ2n) is 9.58. The van der Waals surface area contributed by atoms with E-state index in [1.807, 2.05) is 56.3 Å². The predicted molar refractivity (Wildman–Crippen MR) is 154 cm³/mol. The van der Waals surface area contributed by atoms with Crippen LogP contribution in [0.1, 0.15) is 45.7 Å². The number of rotatable bonds is 9. The second-order valence-corrected chi connectivity index (χ2v) is 9.58. The Morgan fingerprint density at radius 2 is 2.05 bits per heavy atom. The van der Waals surface area contributed by atoms with Gasteiger partial charge in [0.05, 0.1) is 41.0 Å². The minimum absolute atomic E-state index is 0.0304. The first-order valence-electron chi connectivity index (χ1n) is 12.9. The SMILES string of the molecule is CCCCC(=O)N/C(C=C(C)C)=C/C(=C\N)c1cc2c(-c3nc4c(-c5ccoc5)cccc4[nH]3)n[nH]c2cn1. The molecule has 9 nitrogen and oxygen atoms in total. The van der Waals surface area contributed by atoms with E-state index in [-0.39, 0.29) is 5.91 Å². The third-order valence-electron chi connectivity index (χ3n) is 6.29. The van der Waals surface area contributed by atoms with Crippen LogP contribution in [-0.2, 0) is 4.79 Å². The van der Waals surface area contributed by atoms with Crippen molar-refractivity contribution in [1.82, 2.24) is 30.5 Å². The normalized spacial score (nSPS) is 12.3. The molecule has 5 rings (SSSR count). The highest BCUT2D eigenvalue weighted by Crippen LogP contribution is 2.32. The Labute approximate surface area is 225 Å². The predicted octanol–water partition coefficient (Wildman–Crippen LogP) is 6.22. The number of nitrogens with two attached hydrogens (primary N) is 1. The highest BCUT2D eigenvalue weighted by Gasteiger charge is 2.17. The number of aromatic nitrogens is 5. The van der Waals surface area contributed by atoms with Crippen molar-refractivity contribution in [3.8, 4) is 22.6 Å². The molecular formula is C30H31N7O2. The quantitative estimate of drug-likeness (QED) is 0.170. The lowest BCUT2D eigenvalue weighted by atomic mass is 10.1. The second kappa shape index (κ2) is 11.2. The van der Waals surface area contributed by atoms with Gasteiger partial charge < -0.3 is 20.5 Å². The van der Waals surface area contributed by atoms with Gasteiger partial charge in [0.15, 0.2) is 5.82 Å².